The van der Waals surface area contributed by atoms with Crippen molar-refractivity contribution in [3.8, 4) is 5.75 Å². The van der Waals surface area contributed by atoms with E-state index in [0.29, 0.717) is 24.5 Å². The fraction of sp³-hybridized carbons (Fsp3) is 0.240. The number of anilines is 1. The number of rotatable bonds is 5. The van der Waals surface area contributed by atoms with Gasteiger partial charge in [0, 0.05) is 19.2 Å². The van der Waals surface area contributed by atoms with Gasteiger partial charge in [0.15, 0.2) is 0 Å². The van der Waals surface area contributed by atoms with Crippen LogP contribution in [0.5, 0.6) is 5.75 Å². The molecule has 3 aromatic carbocycles. The van der Waals surface area contributed by atoms with Crippen LogP contribution in [-0.4, -0.2) is 22.4 Å². The minimum Gasteiger partial charge on any atom is -0.483 e. The maximum absolute atomic E-state index is 13.8. The second-order valence-electron chi connectivity index (χ2n) is 8.11. The van der Waals surface area contributed by atoms with E-state index in [4.69, 9.17) is 4.74 Å². The molecule has 154 valence electrons. The van der Waals surface area contributed by atoms with E-state index in [2.05, 4.69) is 10.2 Å². The van der Waals surface area contributed by atoms with Gasteiger partial charge in [-0.15, -0.1) is 0 Å². The maximum Gasteiger partial charge on any atom is 0.245 e. The van der Waals surface area contributed by atoms with Gasteiger partial charge < -0.3 is 10.1 Å². The van der Waals surface area contributed by atoms with E-state index < -0.39 is 17.5 Å². The Balaban J connectivity index is 1.71. The zero-order valence-electron chi connectivity index (χ0n) is 17.1. The molecular formula is C25H25FN2O2. The van der Waals surface area contributed by atoms with Crippen molar-refractivity contribution in [2.45, 2.75) is 38.6 Å². The third kappa shape index (κ3) is 4.36. The van der Waals surface area contributed by atoms with Gasteiger partial charge in [0.1, 0.15) is 23.2 Å². The Labute approximate surface area is 176 Å². The quantitative estimate of drug-likeness (QED) is 0.650. The summed E-state index contributed by atoms with van der Waals surface area (Å²) in [7, 11) is 0. The highest BCUT2D eigenvalue weighted by atomic mass is 19.1. The molecule has 0 radical (unpaired) electrons. The highest BCUT2D eigenvalue weighted by Crippen LogP contribution is 2.36. The van der Waals surface area contributed by atoms with Crippen LogP contribution in [0.3, 0.4) is 0 Å². The molecule has 0 saturated carbocycles. The number of halogens is 1. The van der Waals surface area contributed by atoms with E-state index in [1.54, 1.807) is 6.07 Å². The van der Waals surface area contributed by atoms with Crippen LogP contribution in [0.25, 0.3) is 0 Å². The summed E-state index contributed by atoms with van der Waals surface area (Å²) in [4.78, 5) is 15.5. The van der Waals surface area contributed by atoms with E-state index >= 15 is 0 Å². The molecule has 0 unspecified atom stereocenters. The molecule has 1 atom stereocenters. The van der Waals surface area contributed by atoms with Crippen LogP contribution in [-0.2, 0) is 17.9 Å². The van der Waals surface area contributed by atoms with E-state index in [0.717, 1.165) is 11.1 Å². The van der Waals surface area contributed by atoms with Crippen molar-refractivity contribution in [2.75, 3.05) is 5.32 Å². The summed E-state index contributed by atoms with van der Waals surface area (Å²) in [6.45, 7) is 4.95. The van der Waals surface area contributed by atoms with E-state index in [-0.39, 0.29) is 5.91 Å². The monoisotopic (exact) mass is 404 g/mol. The highest BCUT2D eigenvalue weighted by Gasteiger charge is 2.44. The Hall–Kier alpha value is -3.18. The predicted molar refractivity (Wildman–Crippen MR) is 116 cm³/mol. The summed E-state index contributed by atoms with van der Waals surface area (Å²) in [5.41, 5.74) is 1.72. The molecule has 30 heavy (non-hydrogen) atoms. The van der Waals surface area contributed by atoms with E-state index in [9.17, 15) is 9.18 Å². The minimum atomic E-state index is -0.837. The van der Waals surface area contributed by atoms with Crippen LogP contribution in [0.4, 0.5) is 10.1 Å². The Bertz CT molecular complexity index is 980. The number of carbonyl (C=O) groups is 1. The molecular weight excluding hydrogens is 379 g/mol. The van der Waals surface area contributed by atoms with E-state index in [1.807, 2.05) is 74.5 Å². The standard InChI is InChI=1S/C25H25FN2O2/c1-25(2)23(24(29)27-21-15-20(26)13-14-22(21)30-25)28(16-18-9-5-3-6-10-18)17-19-11-7-4-8-12-19/h3-15,23H,16-17H2,1-2H3,(H,27,29)/t23-/m1/s1. The third-order valence-corrected chi connectivity index (χ3v) is 5.30. The molecule has 0 aromatic heterocycles. The van der Waals surface area contributed by atoms with Crippen molar-refractivity contribution in [1.82, 2.24) is 4.90 Å². The van der Waals surface area contributed by atoms with Crippen LogP contribution in [0.1, 0.15) is 25.0 Å². The van der Waals surface area contributed by atoms with Gasteiger partial charge in [-0.2, -0.15) is 0 Å². The molecule has 1 N–H and O–H groups in total. The zero-order valence-corrected chi connectivity index (χ0v) is 17.1. The number of carbonyl (C=O) groups excluding carboxylic acids is 1. The normalized spacial score (nSPS) is 17.6. The molecule has 1 heterocycles. The third-order valence-electron chi connectivity index (χ3n) is 5.30. The number of nitrogens with zero attached hydrogens (tertiary/aromatic N) is 1. The highest BCUT2D eigenvalue weighted by molar-refractivity contribution is 5.97. The summed E-state index contributed by atoms with van der Waals surface area (Å²) in [6, 6.07) is 23.7. The molecule has 4 rings (SSSR count). The fourth-order valence-electron chi connectivity index (χ4n) is 4.02. The smallest absolute Gasteiger partial charge is 0.245 e. The van der Waals surface area contributed by atoms with Crippen molar-refractivity contribution in [3.63, 3.8) is 0 Å². The van der Waals surface area contributed by atoms with Crippen molar-refractivity contribution < 1.29 is 13.9 Å². The van der Waals surface area contributed by atoms with Gasteiger partial charge >= 0.3 is 0 Å². The average molecular weight is 404 g/mol. The lowest BCUT2D eigenvalue weighted by Gasteiger charge is -2.39. The number of benzene rings is 3. The number of fused-ring (bicyclic) bond motifs is 1. The molecule has 1 aliphatic heterocycles. The average Bonchev–Trinajstić information content (AvgIpc) is 2.81. The van der Waals surface area contributed by atoms with Gasteiger partial charge in [-0.3, -0.25) is 9.69 Å². The van der Waals surface area contributed by atoms with Gasteiger partial charge in [-0.05, 0) is 37.1 Å². The second-order valence-corrected chi connectivity index (χ2v) is 8.11. The summed E-state index contributed by atoms with van der Waals surface area (Å²) < 4.78 is 20.0. The zero-order chi connectivity index (χ0) is 21.1. The lowest BCUT2D eigenvalue weighted by molar-refractivity contribution is -0.128. The summed E-state index contributed by atoms with van der Waals surface area (Å²) in [5.74, 6) is -0.160. The first kappa shape index (κ1) is 20.1. The van der Waals surface area contributed by atoms with E-state index in [1.165, 1.54) is 12.1 Å². The summed E-state index contributed by atoms with van der Waals surface area (Å²) in [5, 5.41) is 2.88. The van der Waals surface area contributed by atoms with Crippen molar-refractivity contribution in [1.29, 1.82) is 0 Å². The molecule has 1 aliphatic rings. The molecule has 1 amide bonds. The summed E-state index contributed by atoms with van der Waals surface area (Å²) in [6.07, 6.45) is 0. The Morgan fingerprint density at radius 2 is 1.50 bits per heavy atom. The van der Waals surface area contributed by atoms with Crippen LogP contribution in [0.2, 0.25) is 0 Å². The first-order valence-electron chi connectivity index (χ1n) is 10.0. The molecule has 0 saturated heterocycles. The maximum atomic E-state index is 13.8. The first-order chi connectivity index (χ1) is 14.4. The van der Waals surface area contributed by atoms with Crippen LogP contribution >= 0.6 is 0 Å². The van der Waals surface area contributed by atoms with Crippen LogP contribution in [0.15, 0.2) is 78.9 Å². The largest absolute Gasteiger partial charge is 0.483 e. The molecule has 0 bridgehead atoms. The number of hydrogen-bond donors (Lipinski definition) is 1. The van der Waals surface area contributed by atoms with Crippen molar-refractivity contribution in [2.24, 2.45) is 0 Å². The lowest BCUT2D eigenvalue weighted by atomic mass is 9.94. The minimum absolute atomic E-state index is 0.212. The molecule has 0 spiro atoms. The number of nitrogens with one attached hydrogen (secondary N) is 1. The number of amides is 1. The molecule has 4 nitrogen and oxygen atoms in total. The SMILES string of the molecule is CC1(C)Oc2ccc(F)cc2NC(=O)[C@H]1N(Cc1ccccc1)Cc1ccccc1. The molecule has 0 aliphatic carbocycles. The molecule has 5 heteroatoms. The Morgan fingerprint density at radius 1 is 0.933 bits per heavy atom. The van der Waals surface area contributed by atoms with Crippen LogP contribution in [0, 0.1) is 5.82 Å². The van der Waals surface area contributed by atoms with Gasteiger partial charge in [-0.25, -0.2) is 4.39 Å². The number of hydrogen-bond acceptors (Lipinski definition) is 3. The Morgan fingerprint density at radius 3 is 2.07 bits per heavy atom. The van der Waals surface area contributed by atoms with Crippen molar-refractivity contribution in [3.05, 3.63) is 95.8 Å². The lowest BCUT2D eigenvalue weighted by Crippen LogP contribution is -2.57. The van der Waals surface area contributed by atoms with Gasteiger partial charge in [0.05, 0.1) is 5.69 Å². The number of ether oxygens (including phenoxy) is 1. The summed E-state index contributed by atoms with van der Waals surface area (Å²) >= 11 is 0. The van der Waals surface area contributed by atoms with Gasteiger partial charge in [0.2, 0.25) is 5.91 Å². The first-order valence-corrected chi connectivity index (χ1v) is 10.0. The molecule has 0 fully saturated rings. The second kappa shape index (κ2) is 8.28. The van der Waals surface area contributed by atoms with Crippen LogP contribution < -0.4 is 10.1 Å². The van der Waals surface area contributed by atoms with Gasteiger partial charge in [0.25, 0.3) is 0 Å². The Kier molecular flexibility index (Phi) is 5.55. The predicted octanol–water partition coefficient (Wildman–Crippen LogP) is 5.01. The van der Waals surface area contributed by atoms with Gasteiger partial charge in [-0.1, -0.05) is 60.7 Å². The fourth-order valence-corrected chi connectivity index (χ4v) is 4.02. The molecule has 3 aromatic rings. The van der Waals surface area contributed by atoms with Crippen molar-refractivity contribution >= 4 is 11.6 Å². The topological polar surface area (TPSA) is 41.6 Å².